The Morgan fingerprint density at radius 2 is 1.80 bits per heavy atom. The number of fused-ring (bicyclic) bond motifs is 1. The van der Waals surface area contributed by atoms with Crippen LogP contribution in [-0.2, 0) is 4.79 Å². The molecule has 0 saturated carbocycles. The lowest BCUT2D eigenvalue weighted by molar-refractivity contribution is -0.118. The summed E-state index contributed by atoms with van der Waals surface area (Å²) < 4.78 is 0. The predicted molar refractivity (Wildman–Crippen MR) is 101 cm³/mol. The van der Waals surface area contributed by atoms with Crippen molar-refractivity contribution in [3.63, 3.8) is 0 Å². The van der Waals surface area contributed by atoms with E-state index >= 15 is 0 Å². The van der Waals surface area contributed by atoms with E-state index in [-0.39, 0.29) is 11.8 Å². The highest BCUT2D eigenvalue weighted by Gasteiger charge is 2.39. The summed E-state index contributed by atoms with van der Waals surface area (Å²) in [5, 5.41) is 0.362. The molecule has 0 aliphatic carbocycles. The van der Waals surface area contributed by atoms with Gasteiger partial charge in [0.1, 0.15) is 0 Å². The molecule has 0 N–H and O–H groups in total. The first-order chi connectivity index (χ1) is 12.0. The minimum Gasteiger partial charge on any atom is -0.296 e. The second-order valence-electron chi connectivity index (χ2n) is 6.40. The average molecular weight is 355 g/mol. The number of hydrogen-bond acceptors (Lipinski definition) is 3. The van der Waals surface area contributed by atoms with Gasteiger partial charge in [-0.3, -0.25) is 14.6 Å². The summed E-state index contributed by atoms with van der Waals surface area (Å²) in [5.74, 6) is -0.887. The number of imide groups is 1. The molecule has 4 nitrogen and oxygen atoms in total. The van der Waals surface area contributed by atoms with Crippen LogP contribution < -0.4 is 4.90 Å². The summed E-state index contributed by atoms with van der Waals surface area (Å²) in [5.41, 5.74) is 1.59. The third-order valence-corrected chi connectivity index (χ3v) is 4.35. The van der Waals surface area contributed by atoms with Gasteiger partial charge in [-0.15, -0.1) is 0 Å². The van der Waals surface area contributed by atoms with E-state index in [0.717, 1.165) is 4.90 Å². The lowest BCUT2D eigenvalue weighted by Gasteiger charge is -2.31. The van der Waals surface area contributed by atoms with Crippen molar-refractivity contribution in [3.8, 4) is 0 Å². The number of amides is 2. The maximum absolute atomic E-state index is 13.1. The van der Waals surface area contributed by atoms with Gasteiger partial charge in [0.05, 0.1) is 16.6 Å². The number of carbonyl (C=O) groups excluding carboxylic acids is 2. The molecule has 2 aromatic rings. The van der Waals surface area contributed by atoms with Crippen LogP contribution >= 0.6 is 11.6 Å². The summed E-state index contributed by atoms with van der Waals surface area (Å²) in [6, 6.07) is 14.0. The van der Waals surface area contributed by atoms with Crippen molar-refractivity contribution in [1.82, 2.24) is 0 Å². The number of benzene rings is 2. The third kappa shape index (κ3) is 3.35. The van der Waals surface area contributed by atoms with E-state index in [1.165, 1.54) is 0 Å². The van der Waals surface area contributed by atoms with Crippen LogP contribution in [0.15, 0.2) is 53.5 Å². The van der Waals surface area contributed by atoms with E-state index in [1.807, 2.05) is 6.07 Å². The van der Waals surface area contributed by atoms with Crippen molar-refractivity contribution in [1.29, 1.82) is 0 Å². The Bertz CT molecular complexity index is 845. The fraction of sp³-hybridized carbons (Fsp3) is 0.250. The van der Waals surface area contributed by atoms with Crippen molar-refractivity contribution in [3.05, 3.63) is 64.7 Å². The highest BCUT2D eigenvalue weighted by molar-refractivity contribution is 6.37. The number of carbonyl (C=O) groups is 2. The summed E-state index contributed by atoms with van der Waals surface area (Å²) in [6.07, 6.45) is 1.65. The highest BCUT2D eigenvalue weighted by atomic mass is 35.5. The molecule has 1 atom stereocenters. The van der Waals surface area contributed by atoms with Crippen LogP contribution in [0.25, 0.3) is 0 Å². The fourth-order valence-corrected chi connectivity index (χ4v) is 3.06. The number of halogens is 1. The molecule has 3 rings (SSSR count). The zero-order valence-corrected chi connectivity index (χ0v) is 14.9. The van der Waals surface area contributed by atoms with Crippen molar-refractivity contribution < 1.29 is 9.59 Å². The molecule has 1 aliphatic heterocycles. The Hall–Kier alpha value is -2.46. The Morgan fingerprint density at radius 3 is 2.52 bits per heavy atom. The molecule has 5 heteroatoms. The molecule has 25 heavy (non-hydrogen) atoms. The Kier molecular flexibility index (Phi) is 5.00. The molecule has 2 aromatic carbocycles. The van der Waals surface area contributed by atoms with E-state index < -0.39 is 5.92 Å². The number of para-hydroxylation sites is 1. The highest BCUT2D eigenvalue weighted by Crippen LogP contribution is 2.35. The number of rotatable bonds is 4. The van der Waals surface area contributed by atoms with Crippen molar-refractivity contribution in [2.24, 2.45) is 10.9 Å². The SMILES string of the molecule is CC(C)CN=CC1C(=O)N(c2ccccc2Cl)C(=O)c2ccccc21. The van der Waals surface area contributed by atoms with E-state index in [1.54, 1.807) is 48.7 Å². The van der Waals surface area contributed by atoms with E-state index in [4.69, 9.17) is 11.6 Å². The third-order valence-electron chi connectivity index (χ3n) is 4.03. The standard InChI is InChI=1S/C20H19ClN2O2/c1-13(2)11-22-12-16-14-7-3-4-8-15(14)19(24)23(20(16)25)18-10-6-5-9-17(18)21/h3-10,12-13,16H,11H2,1-2H3. The number of nitrogens with zero attached hydrogens (tertiary/aromatic N) is 2. The smallest absolute Gasteiger partial charge is 0.265 e. The number of aliphatic imine (C=N–C) groups is 1. The van der Waals surface area contributed by atoms with Gasteiger partial charge < -0.3 is 0 Å². The van der Waals surface area contributed by atoms with Gasteiger partial charge in [0.25, 0.3) is 5.91 Å². The van der Waals surface area contributed by atoms with Crippen LogP contribution in [0.4, 0.5) is 5.69 Å². The molecule has 1 unspecified atom stereocenters. The van der Waals surface area contributed by atoms with E-state index in [9.17, 15) is 9.59 Å². The van der Waals surface area contributed by atoms with Gasteiger partial charge in [-0.25, -0.2) is 4.90 Å². The lowest BCUT2D eigenvalue weighted by atomic mass is 9.89. The molecule has 128 valence electrons. The molecule has 0 radical (unpaired) electrons. The van der Waals surface area contributed by atoms with Gasteiger partial charge in [0.2, 0.25) is 5.91 Å². The van der Waals surface area contributed by atoms with Crippen LogP contribution in [0.5, 0.6) is 0 Å². The summed E-state index contributed by atoms with van der Waals surface area (Å²) >= 11 is 6.23. The normalized spacial score (nSPS) is 17.4. The molecule has 1 aliphatic rings. The topological polar surface area (TPSA) is 49.7 Å². The fourth-order valence-electron chi connectivity index (χ4n) is 2.84. The minimum absolute atomic E-state index is 0.329. The maximum atomic E-state index is 13.1. The molecular formula is C20H19ClN2O2. The first-order valence-electron chi connectivity index (χ1n) is 8.22. The molecular weight excluding hydrogens is 336 g/mol. The zero-order chi connectivity index (χ0) is 18.0. The van der Waals surface area contributed by atoms with Crippen molar-refractivity contribution in [2.45, 2.75) is 19.8 Å². The van der Waals surface area contributed by atoms with Crippen LogP contribution in [0.3, 0.4) is 0 Å². The molecule has 1 heterocycles. The molecule has 0 saturated heterocycles. The quantitative estimate of drug-likeness (QED) is 0.605. The summed E-state index contributed by atoms with van der Waals surface area (Å²) in [6.45, 7) is 4.76. The second kappa shape index (κ2) is 7.19. The van der Waals surface area contributed by atoms with Crippen LogP contribution in [-0.4, -0.2) is 24.6 Å². The van der Waals surface area contributed by atoms with Gasteiger partial charge >= 0.3 is 0 Å². The van der Waals surface area contributed by atoms with Crippen LogP contribution in [0.2, 0.25) is 5.02 Å². The Morgan fingerprint density at radius 1 is 1.12 bits per heavy atom. The molecule has 0 spiro atoms. The second-order valence-corrected chi connectivity index (χ2v) is 6.81. The van der Waals surface area contributed by atoms with Gasteiger partial charge in [0, 0.05) is 18.3 Å². The largest absolute Gasteiger partial charge is 0.296 e. The Balaban J connectivity index is 2.08. The first-order valence-corrected chi connectivity index (χ1v) is 8.60. The van der Waals surface area contributed by atoms with Crippen molar-refractivity contribution in [2.75, 3.05) is 11.4 Å². The summed E-state index contributed by atoms with van der Waals surface area (Å²) in [4.78, 5) is 31.6. The van der Waals surface area contributed by atoms with Gasteiger partial charge in [-0.1, -0.05) is 55.8 Å². The average Bonchev–Trinajstić information content (AvgIpc) is 2.59. The van der Waals surface area contributed by atoms with Gasteiger partial charge in [0.15, 0.2) is 0 Å². The molecule has 0 aromatic heterocycles. The monoisotopic (exact) mass is 354 g/mol. The van der Waals surface area contributed by atoms with Gasteiger partial charge in [-0.05, 0) is 29.7 Å². The minimum atomic E-state index is -0.594. The number of hydrogen-bond donors (Lipinski definition) is 0. The molecule has 0 bridgehead atoms. The Labute approximate surface area is 152 Å². The van der Waals surface area contributed by atoms with Crippen LogP contribution in [0, 0.1) is 5.92 Å². The first kappa shape index (κ1) is 17.4. The predicted octanol–water partition coefficient (Wildman–Crippen LogP) is 4.34. The van der Waals surface area contributed by atoms with Crippen LogP contribution in [0.1, 0.15) is 35.7 Å². The van der Waals surface area contributed by atoms with E-state index in [0.29, 0.717) is 34.3 Å². The van der Waals surface area contributed by atoms with Gasteiger partial charge in [-0.2, -0.15) is 0 Å². The lowest BCUT2D eigenvalue weighted by Crippen LogP contribution is -2.45. The maximum Gasteiger partial charge on any atom is 0.265 e. The zero-order valence-electron chi connectivity index (χ0n) is 14.1. The molecule has 2 amide bonds. The van der Waals surface area contributed by atoms with E-state index in [2.05, 4.69) is 18.8 Å². The van der Waals surface area contributed by atoms with Crippen molar-refractivity contribution >= 4 is 35.3 Å². The molecule has 0 fully saturated rings. The summed E-state index contributed by atoms with van der Waals surface area (Å²) in [7, 11) is 0. The number of anilines is 1.